The second-order valence-electron chi connectivity index (χ2n) is 9.71. The van der Waals surface area contributed by atoms with Gasteiger partial charge in [0, 0.05) is 24.0 Å². The van der Waals surface area contributed by atoms with Crippen molar-refractivity contribution in [1.29, 1.82) is 0 Å². The maximum atomic E-state index is 12.4. The van der Waals surface area contributed by atoms with E-state index in [-0.39, 0.29) is 22.4 Å². The highest BCUT2D eigenvalue weighted by Crippen LogP contribution is 2.24. The Hall–Kier alpha value is -2.22. The van der Waals surface area contributed by atoms with Gasteiger partial charge in [0.2, 0.25) is 0 Å². The average Bonchev–Trinajstić information content (AvgIpc) is 2.63. The van der Waals surface area contributed by atoms with Crippen LogP contribution in [0.25, 0.3) is 0 Å². The van der Waals surface area contributed by atoms with Gasteiger partial charge in [-0.15, -0.1) is 0 Å². The topological polar surface area (TPSA) is 34.1 Å². The van der Waals surface area contributed by atoms with Gasteiger partial charge >= 0.3 is 0 Å². The summed E-state index contributed by atoms with van der Waals surface area (Å²) < 4.78 is 0. The average molecular weight is 379 g/mol. The fourth-order valence-corrected chi connectivity index (χ4v) is 3.17. The Morgan fingerprint density at radius 1 is 0.571 bits per heavy atom. The van der Waals surface area contributed by atoms with Crippen LogP contribution >= 0.6 is 0 Å². The molecule has 0 aliphatic heterocycles. The Kier molecular flexibility index (Phi) is 6.98. The number of ketones is 2. The predicted molar refractivity (Wildman–Crippen MR) is 117 cm³/mol. The first-order valence-corrected chi connectivity index (χ1v) is 10.3. The van der Waals surface area contributed by atoms with Crippen molar-refractivity contribution in [1.82, 2.24) is 0 Å². The Balaban J connectivity index is 1.80. The fourth-order valence-electron chi connectivity index (χ4n) is 3.17. The zero-order chi connectivity index (χ0) is 20.9. The first-order chi connectivity index (χ1) is 13.0. The van der Waals surface area contributed by atoms with Crippen molar-refractivity contribution in [3.05, 3.63) is 70.8 Å². The Morgan fingerprint density at radius 2 is 0.857 bits per heavy atom. The van der Waals surface area contributed by atoms with Crippen molar-refractivity contribution in [2.24, 2.45) is 0 Å². The Morgan fingerprint density at radius 3 is 1.11 bits per heavy atom. The molecule has 0 unspecified atom stereocenters. The van der Waals surface area contributed by atoms with E-state index in [1.54, 1.807) is 0 Å². The van der Waals surface area contributed by atoms with Gasteiger partial charge in [0.25, 0.3) is 0 Å². The summed E-state index contributed by atoms with van der Waals surface area (Å²) in [7, 11) is 0. The number of hydrogen-bond donors (Lipinski definition) is 0. The lowest BCUT2D eigenvalue weighted by atomic mass is 9.86. The van der Waals surface area contributed by atoms with Gasteiger partial charge in [0.15, 0.2) is 11.6 Å². The van der Waals surface area contributed by atoms with Gasteiger partial charge in [-0.3, -0.25) is 9.59 Å². The monoisotopic (exact) mass is 378 g/mol. The lowest BCUT2D eigenvalue weighted by Crippen LogP contribution is -2.11. The molecular weight excluding hydrogens is 344 g/mol. The van der Waals surface area contributed by atoms with E-state index in [0.717, 1.165) is 24.0 Å². The molecule has 2 rings (SSSR count). The molecule has 0 atom stereocenters. The van der Waals surface area contributed by atoms with Crippen LogP contribution in [0.2, 0.25) is 0 Å². The van der Waals surface area contributed by atoms with E-state index in [1.165, 1.54) is 11.1 Å². The largest absolute Gasteiger partial charge is 0.294 e. The summed E-state index contributed by atoms with van der Waals surface area (Å²) in [5.41, 5.74) is 4.16. The normalized spacial score (nSPS) is 12.1. The summed E-state index contributed by atoms with van der Waals surface area (Å²) in [6.45, 7) is 13.0. The van der Waals surface area contributed by atoms with Gasteiger partial charge in [0.05, 0.1) is 0 Å². The molecule has 2 aromatic carbocycles. The quantitative estimate of drug-likeness (QED) is 0.387. The molecule has 0 amide bonds. The number of carbonyl (C=O) groups is 2. The third-order valence-electron chi connectivity index (χ3n) is 5.20. The van der Waals surface area contributed by atoms with Crippen molar-refractivity contribution in [2.45, 2.75) is 78.1 Å². The van der Waals surface area contributed by atoms with E-state index in [2.05, 4.69) is 41.5 Å². The third kappa shape index (κ3) is 6.15. The van der Waals surface area contributed by atoms with Crippen LogP contribution in [0, 0.1) is 0 Å². The van der Waals surface area contributed by atoms with Gasteiger partial charge in [-0.25, -0.2) is 0 Å². The molecule has 0 saturated carbocycles. The fraction of sp³-hybridized carbons (Fsp3) is 0.462. The van der Waals surface area contributed by atoms with Crippen LogP contribution in [0.5, 0.6) is 0 Å². The van der Waals surface area contributed by atoms with Crippen LogP contribution in [0.1, 0.15) is 99.1 Å². The summed E-state index contributed by atoms with van der Waals surface area (Å²) in [4.78, 5) is 24.7. The zero-order valence-corrected chi connectivity index (χ0v) is 18.3. The van der Waals surface area contributed by atoms with Crippen LogP contribution in [0.4, 0.5) is 0 Å². The predicted octanol–water partition coefficient (Wildman–Crippen LogP) is 6.91. The SMILES string of the molecule is CC(C)(C)c1ccc(C(=O)CCCCC(=O)c2ccc(C(C)(C)C)cc2)cc1. The van der Waals surface area contributed by atoms with E-state index >= 15 is 0 Å². The highest BCUT2D eigenvalue weighted by molar-refractivity contribution is 5.97. The molecule has 0 fully saturated rings. The second-order valence-corrected chi connectivity index (χ2v) is 9.71. The number of unbranched alkanes of at least 4 members (excludes halogenated alkanes) is 1. The molecule has 0 bridgehead atoms. The minimum absolute atomic E-state index is 0.0903. The summed E-state index contributed by atoms with van der Waals surface area (Å²) in [6, 6.07) is 15.8. The van der Waals surface area contributed by atoms with Gasteiger partial charge in [-0.2, -0.15) is 0 Å². The number of rotatable bonds is 7. The van der Waals surface area contributed by atoms with Crippen LogP contribution in [0.3, 0.4) is 0 Å². The molecule has 2 nitrogen and oxygen atoms in total. The molecular formula is C26H34O2. The van der Waals surface area contributed by atoms with E-state index in [1.807, 2.05) is 48.5 Å². The van der Waals surface area contributed by atoms with Gasteiger partial charge in [-0.1, -0.05) is 90.1 Å². The van der Waals surface area contributed by atoms with Crippen molar-refractivity contribution in [3.63, 3.8) is 0 Å². The second kappa shape index (κ2) is 8.86. The molecule has 0 aliphatic rings. The number of carbonyl (C=O) groups excluding carboxylic acids is 2. The first-order valence-electron chi connectivity index (χ1n) is 10.3. The lowest BCUT2D eigenvalue weighted by molar-refractivity contribution is 0.0954. The van der Waals surface area contributed by atoms with Crippen LogP contribution in [0.15, 0.2) is 48.5 Å². The lowest BCUT2D eigenvalue weighted by Gasteiger charge is -2.19. The Labute approximate surface area is 170 Å². The van der Waals surface area contributed by atoms with Gasteiger partial charge in [0.1, 0.15) is 0 Å². The highest BCUT2D eigenvalue weighted by atomic mass is 16.1. The van der Waals surface area contributed by atoms with Gasteiger partial charge in [-0.05, 0) is 34.8 Å². The Bertz CT molecular complexity index is 726. The zero-order valence-electron chi connectivity index (χ0n) is 18.3. The van der Waals surface area contributed by atoms with Crippen molar-refractivity contribution in [3.8, 4) is 0 Å². The number of hydrogen-bond acceptors (Lipinski definition) is 2. The first kappa shape index (κ1) is 22.1. The molecule has 0 spiro atoms. The smallest absolute Gasteiger partial charge is 0.162 e. The molecule has 0 heterocycles. The molecule has 0 N–H and O–H groups in total. The maximum absolute atomic E-state index is 12.4. The van der Waals surface area contributed by atoms with E-state index < -0.39 is 0 Å². The minimum atomic E-state index is 0.0903. The maximum Gasteiger partial charge on any atom is 0.162 e. The highest BCUT2D eigenvalue weighted by Gasteiger charge is 2.15. The van der Waals surface area contributed by atoms with Crippen LogP contribution < -0.4 is 0 Å². The molecule has 0 aliphatic carbocycles. The van der Waals surface area contributed by atoms with Crippen molar-refractivity contribution < 1.29 is 9.59 Å². The third-order valence-corrected chi connectivity index (χ3v) is 5.20. The molecule has 0 radical (unpaired) electrons. The number of benzene rings is 2. The molecule has 2 heteroatoms. The van der Waals surface area contributed by atoms with Crippen LogP contribution in [-0.2, 0) is 10.8 Å². The molecule has 0 aromatic heterocycles. The van der Waals surface area contributed by atoms with E-state index in [4.69, 9.17) is 0 Å². The molecule has 28 heavy (non-hydrogen) atoms. The molecule has 150 valence electrons. The van der Waals surface area contributed by atoms with E-state index in [0.29, 0.717) is 12.8 Å². The van der Waals surface area contributed by atoms with E-state index in [9.17, 15) is 9.59 Å². The molecule has 2 aromatic rings. The number of Topliss-reactive ketones (excluding diaryl/α,β-unsaturated/α-hetero) is 2. The van der Waals surface area contributed by atoms with Gasteiger partial charge < -0.3 is 0 Å². The standard InChI is InChI=1S/C26H34O2/c1-25(2,3)21-15-11-19(12-16-21)23(27)9-7-8-10-24(28)20-13-17-22(18-14-20)26(4,5)6/h11-18H,7-10H2,1-6H3. The minimum Gasteiger partial charge on any atom is -0.294 e. The summed E-state index contributed by atoms with van der Waals surface area (Å²) >= 11 is 0. The van der Waals surface area contributed by atoms with Crippen molar-refractivity contribution in [2.75, 3.05) is 0 Å². The summed E-state index contributed by atoms with van der Waals surface area (Å²) in [6.07, 6.45) is 2.47. The summed E-state index contributed by atoms with van der Waals surface area (Å²) in [5.74, 6) is 0.310. The summed E-state index contributed by atoms with van der Waals surface area (Å²) in [5, 5.41) is 0. The van der Waals surface area contributed by atoms with Crippen LogP contribution in [-0.4, -0.2) is 11.6 Å². The molecule has 0 saturated heterocycles. The van der Waals surface area contributed by atoms with Crippen molar-refractivity contribution >= 4 is 11.6 Å².